The summed E-state index contributed by atoms with van der Waals surface area (Å²) in [7, 11) is 1.45. The first-order chi connectivity index (χ1) is 7.65. The van der Waals surface area contributed by atoms with Crippen LogP contribution >= 0.6 is 0 Å². The molecular weight excluding hydrogens is 208 g/mol. The normalized spacial score (nSPS) is 19.4. The van der Waals surface area contributed by atoms with Crippen molar-refractivity contribution in [2.75, 3.05) is 7.11 Å². The Morgan fingerprint density at radius 3 is 2.88 bits per heavy atom. The molecule has 1 aliphatic rings. The maximum atomic E-state index is 11.2. The molecule has 1 saturated carbocycles. The molecule has 0 radical (unpaired) electrons. The molecule has 5 heteroatoms. The summed E-state index contributed by atoms with van der Waals surface area (Å²) >= 11 is 0. The number of methoxy groups -OCH3 is 1. The third-order valence-electron chi connectivity index (χ3n) is 3.28. The van der Waals surface area contributed by atoms with E-state index in [1.54, 1.807) is 6.20 Å². The maximum Gasteiger partial charge on any atom is 0.333 e. The van der Waals surface area contributed by atoms with E-state index in [1.165, 1.54) is 7.11 Å². The van der Waals surface area contributed by atoms with Crippen LogP contribution in [0.5, 0.6) is 0 Å². The summed E-state index contributed by atoms with van der Waals surface area (Å²) in [5, 5.41) is 13.3. The molecule has 1 N–H and O–H groups in total. The smallest absolute Gasteiger partial charge is 0.333 e. The lowest BCUT2D eigenvalue weighted by Gasteiger charge is -2.22. The summed E-state index contributed by atoms with van der Waals surface area (Å²) in [4.78, 5) is 11.2. The molecule has 0 spiro atoms. The number of aliphatic carboxylic acids is 1. The third kappa shape index (κ3) is 1.51. The van der Waals surface area contributed by atoms with Gasteiger partial charge in [0.05, 0.1) is 0 Å². The zero-order chi connectivity index (χ0) is 11.8. The number of carbonyl (C=O) groups is 1. The van der Waals surface area contributed by atoms with E-state index >= 15 is 0 Å². The van der Waals surface area contributed by atoms with Crippen LogP contribution in [0.2, 0.25) is 0 Å². The summed E-state index contributed by atoms with van der Waals surface area (Å²) in [5.41, 5.74) is 0.608. The van der Waals surface area contributed by atoms with E-state index in [-0.39, 0.29) is 5.41 Å². The molecular formula is C11H16N2O3. The Hall–Kier alpha value is -1.36. The van der Waals surface area contributed by atoms with Gasteiger partial charge >= 0.3 is 5.97 Å². The summed E-state index contributed by atoms with van der Waals surface area (Å²) < 4.78 is 6.97. The van der Waals surface area contributed by atoms with Crippen molar-refractivity contribution in [3.8, 4) is 0 Å². The van der Waals surface area contributed by atoms with Crippen molar-refractivity contribution in [3.63, 3.8) is 0 Å². The minimum atomic E-state index is -0.899. The van der Waals surface area contributed by atoms with Gasteiger partial charge in [0.2, 0.25) is 0 Å². The second-order valence-corrected chi connectivity index (χ2v) is 4.14. The number of carboxylic acid groups (broad SMARTS) is 1. The van der Waals surface area contributed by atoms with Crippen LogP contribution in [-0.4, -0.2) is 34.1 Å². The molecule has 1 aliphatic carbocycles. The molecule has 1 heterocycles. The zero-order valence-electron chi connectivity index (χ0n) is 9.51. The Morgan fingerprint density at radius 1 is 1.75 bits per heavy atom. The van der Waals surface area contributed by atoms with Crippen molar-refractivity contribution in [2.24, 2.45) is 0 Å². The van der Waals surface area contributed by atoms with Crippen LogP contribution in [0.15, 0.2) is 12.3 Å². The summed E-state index contributed by atoms with van der Waals surface area (Å²) in [6.45, 7) is 2.75. The molecule has 1 unspecified atom stereocenters. The second kappa shape index (κ2) is 3.90. The van der Waals surface area contributed by atoms with Gasteiger partial charge in [-0.2, -0.15) is 5.10 Å². The zero-order valence-corrected chi connectivity index (χ0v) is 9.51. The molecule has 0 aliphatic heterocycles. The van der Waals surface area contributed by atoms with Gasteiger partial charge in [-0.25, -0.2) is 4.79 Å². The summed E-state index contributed by atoms with van der Waals surface area (Å²) in [6, 6.07) is 1.89. The summed E-state index contributed by atoms with van der Waals surface area (Å²) in [5.74, 6) is -0.899. The highest BCUT2D eigenvalue weighted by molar-refractivity contribution is 5.75. The summed E-state index contributed by atoms with van der Waals surface area (Å²) in [6.07, 6.45) is 2.65. The van der Waals surface area contributed by atoms with Gasteiger partial charge in [0, 0.05) is 31.0 Å². The van der Waals surface area contributed by atoms with Crippen LogP contribution in [0.25, 0.3) is 0 Å². The van der Waals surface area contributed by atoms with E-state index < -0.39 is 12.1 Å². The third-order valence-corrected chi connectivity index (χ3v) is 3.28. The van der Waals surface area contributed by atoms with Crippen LogP contribution < -0.4 is 0 Å². The molecule has 16 heavy (non-hydrogen) atoms. The molecule has 0 aromatic carbocycles. The Kier molecular flexibility index (Phi) is 2.71. The van der Waals surface area contributed by atoms with Crippen molar-refractivity contribution < 1.29 is 14.6 Å². The van der Waals surface area contributed by atoms with Gasteiger partial charge in [-0.3, -0.25) is 4.68 Å². The van der Waals surface area contributed by atoms with E-state index in [1.807, 2.05) is 17.7 Å². The first kappa shape index (κ1) is 11.1. The van der Waals surface area contributed by atoms with Crippen LogP contribution in [0.4, 0.5) is 0 Å². The highest BCUT2D eigenvalue weighted by Crippen LogP contribution is 2.51. The monoisotopic (exact) mass is 224 g/mol. The van der Waals surface area contributed by atoms with E-state index in [4.69, 9.17) is 9.84 Å². The first-order valence-corrected chi connectivity index (χ1v) is 5.43. The quantitative estimate of drug-likeness (QED) is 0.811. The van der Waals surface area contributed by atoms with Gasteiger partial charge in [-0.05, 0) is 25.8 Å². The van der Waals surface area contributed by atoms with E-state index in [0.717, 1.165) is 25.1 Å². The predicted molar refractivity (Wildman–Crippen MR) is 57.2 cm³/mol. The lowest BCUT2D eigenvalue weighted by Crippen LogP contribution is -2.37. The Bertz CT molecular complexity index is 396. The molecule has 0 saturated heterocycles. The van der Waals surface area contributed by atoms with Gasteiger partial charge in [0.25, 0.3) is 0 Å². The average Bonchev–Trinajstić information content (AvgIpc) is 2.90. The average molecular weight is 224 g/mol. The SMILES string of the molecule is CCn1nccc1C1(C(OC)C(=O)O)CC1. The van der Waals surface area contributed by atoms with Gasteiger partial charge in [-0.15, -0.1) is 0 Å². The lowest BCUT2D eigenvalue weighted by molar-refractivity contribution is -0.150. The van der Waals surface area contributed by atoms with Crippen molar-refractivity contribution >= 4 is 5.97 Å². The highest BCUT2D eigenvalue weighted by Gasteiger charge is 2.56. The first-order valence-electron chi connectivity index (χ1n) is 5.43. The largest absolute Gasteiger partial charge is 0.479 e. The number of carboxylic acids is 1. The molecule has 0 amide bonds. The van der Waals surface area contributed by atoms with E-state index in [9.17, 15) is 4.79 Å². The number of rotatable bonds is 5. The van der Waals surface area contributed by atoms with Crippen molar-refractivity contribution in [3.05, 3.63) is 18.0 Å². The van der Waals surface area contributed by atoms with Crippen LogP contribution in [-0.2, 0) is 21.5 Å². The van der Waals surface area contributed by atoms with Gasteiger partial charge in [-0.1, -0.05) is 0 Å². The fraction of sp³-hybridized carbons (Fsp3) is 0.636. The van der Waals surface area contributed by atoms with Crippen molar-refractivity contribution in [2.45, 2.75) is 37.8 Å². The van der Waals surface area contributed by atoms with Crippen molar-refractivity contribution in [1.82, 2.24) is 9.78 Å². The molecule has 2 rings (SSSR count). The van der Waals surface area contributed by atoms with E-state index in [2.05, 4.69) is 5.10 Å². The standard InChI is InChI=1S/C11H16N2O3/c1-3-13-8(4-7-12-13)11(5-6-11)9(16-2)10(14)15/h4,7,9H,3,5-6H2,1-2H3,(H,14,15). The minimum absolute atomic E-state index is 0.368. The van der Waals surface area contributed by atoms with Gasteiger partial charge in [0.15, 0.2) is 6.10 Å². The minimum Gasteiger partial charge on any atom is -0.479 e. The number of hydrogen-bond acceptors (Lipinski definition) is 3. The van der Waals surface area contributed by atoms with Gasteiger partial charge in [0.1, 0.15) is 0 Å². The molecule has 88 valence electrons. The fourth-order valence-electron chi connectivity index (χ4n) is 2.36. The van der Waals surface area contributed by atoms with Crippen LogP contribution in [0.3, 0.4) is 0 Å². The van der Waals surface area contributed by atoms with E-state index in [0.29, 0.717) is 0 Å². The fourth-order valence-corrected chi connectivity index (χ4v) is 2.36. The second-order valence-electron chi connectivity index (χ2n) is 4.14. The molecule has 5 nitrogen and oxygen atoms in total. The number of aromatic nitrogens is 2. The predicted octanol–water partition coefficient (Wildman–Crippen LogP) is 1.03. The molecule has 1 atom stereocenters. The maximum absolute atomic E-state index is 11.2. The topological polar surface area (TPSA) is 64.4 Å². The van der Waals surface area contributed by atoms with Crippen LogP contribution in [0, 0.1) is 0 Å². The Balaban J connectivity index is 2.35. The number of ether oxygens (including phenoxy) is 1. The van der Waals surface area contributed by atoms with Crippen molar-refractivity contribution in [1.29, 1.82) is 0 Å². The van der Waals surface area contributed by atoms with Gasteiger partial charge < -0.3 is 9.84 Å². The number of nitrogens with zero attached hydrogens (tertiary/aromatic N) is 2. The van der Waals surface area contributed by atoms with Crippen LogP contribution in [0.1, 0.15) is 25.5 Å². The molecule has 0 bridgehead atoms. The highest BCUT2D eigenvalue weighted by atomic mass is 16.5. The lowest BCUT2D eigenvalue weighted by atomic mass is 9.94. The molecule has 1 fully saturated rings. The molecule has 1 aromatic rings. The number of aryl methyl sites for hydroxylation is 1. The Morgan fingerprint density at radius 2 is 2.44 bits per heavy atom. The molecule has 1 aromatic heterocycles. The Labute approximate surface area is 94.0 Å². The number of hydrogen-bond donors (Lipinski definition) is 1.